The minimum absolute atomic E-state index is 0.147. The van der Waals surface area contributed by atoms with Crippen molar-refractivity contribution >= 4 is 21.6 Å². The zero-order valence-electron chi connectivity index (χ0n) is 16.5. The lowest BCUT2D eigenvalue weighted by Gasteiger charge is -2.30. The summed E-state index contributed by atoms with van der Waals surface area (Å²) in [5.74, 6) is 0.775. The molecule has 0 atom stereocenters. The lowest BCUT2D eigenvalue weighted by Crippen LogP contribution is -2.38. The van der Waals surface area contributed by atoms with Gasteiger partial charge in [-0.25, -0.2) is 8.42 Å². The fourth-order valence-electron chi connectivity index (χ4n) is 3.37. The van der Waals surface area contributed by atoms with Gasteiger partial charge in [0.2, 0.25) is 10.0 Å². The Labute approximate surface area is 166 Å². The molecule has 1 heterocycles. The number of sulfonamides is 1. The molecule has 0 bridgehead atoms. The Bertz CT molecular complexity index is 955. The van der Waals surface area contributed by atoms with E-state index in [0.717, 1.165) is 23.3 Å². The molecule has 0 spiro atoms. The molecular weight excluding hydrogens is 376 g/mol. The molecule has 1 aliphatic heterocycles. The smallest absolute Gasteiger partial charge is 0.253 e. The third kappa shape index (κ3) is 4.30. The number of anilines is 1. The van der Waals surface area contributed by atoms with Crippen molar-refractivity contribution in [2.45, 2.75) is 26.3 Å². The van der Waals surface area contributed by atoms with Crippen molar-refractivity contribution in [2.24, 2.45) is 0 Å². The monoisotopic (exact) mass is 402 g/mol. The summed E-state index contributed by atoms with van der Waals surface area (Å²) in [4.78, 5) is 14.5. The molecule has 1 saturated heterocycles. The third-order valence-corrected chi connectivity index (χ3v) is 6.85. The van der Waals surface area contributed by atoms with Crippen LogP contribution in [0.1, 0.15) is 34.3 Å². The van der Waals surface area contributed by atoms with Crippen LogP contribution in [-0.2, 0) is 16.6 Å². The van der Waals surface area contributed by atoms with Crippen molar-refractivity contribution in [3.63, 3.8) is 0 Å². The van der Waals surface area contributed by atoms with Gasteiger partial charge in [0.25, 0.3) is 5.91 Å². The van der Waals surface area contributed by atoms with E-state index in [2.05, 4.69) is 0 Å². The van der Waals surface area contributed by atoms with Gasteiger partial charge >= 0.3 is 0 Å². The number of aryl methyl sites for hydroxylation is 1. The van der Waals surface area contributed by atoms with Crippen molar-refractivity contribution in [1.29, 1.82) is 0 Å². The van der Waals surface area contributed by atoms with Crippen LogP contribution >= 0.6 is 0 Å². The molecule has 0 aliphatic carbocycles. The normalized spacial score (nSPS) is 15.9. The van der Waals surface area contributed by atoms with Crippen LogP contribution in [0.4, 0.5) is 5.69 Å². The van der Waals surface area contributed by atoms with Crippen LogP contribution in [0.3, 0.4) is 0 Å². The predicted octanol–water partition coefficient (Wildman–Crippen LogP) is 3.21. The van der Waals surface area contributed by atoms with Gasteiger partial charge in [0.05, 0.1) is 18.6 Å². The number of hydrogen-bond acceptors (Lipinski definition) is 4. The number of carbonyl (C=O) groups excluding carboxylic acids is 1. The Morgan fingerprint density at radius 1 is 1.14 bits per heavy atom. The zero-order chi connectivity index (χ0) is 20.3. The van der Waals surface area contributed by atoms with Crippen molar-refractivity contribution < 1.29 is 17.9 Å². The number of benzene rings is 2. The van der Waals surface area contributed by atoms with E-state index >= 15 is 0 Å². The maximum Gasteiger partial charge on any atom is 0.253 e. The number of rotatable bonds is 5. The van der Waals surface area contributed by atoms with E-state index in [1.165, 1.54) is 4.31 Å². The van der Waals surface area contributed by atoms with E-state index in [4.69, 9.17) is 4.74 Å². The fourth-order valence-corrected chi connectivity index (χ4v) is 5.06. The fraction of sp³-hybridized carbons (Fsp3) is 0.381. The molecule has 0 aromatic heterocycles. The molecule has 6 nitrogen and oxygen atoms in total. The first-order chi connectivity index (χ1) is 13.3. The Balaban J connectivity index is 1.81. The van der Waals surface area contributed by atoms with E-state index in [-0.39, 0.29) is 11.7 Å². The van der Waals surface area contributed by atoms with Gasteiger partial charge in [-0.05, 0) is 55.2 Å². The molecule has 1 fully saturated rings. The molecule has 1 aliphatic rings. The van der Waals surface area contributed by atoms with Crippen LogP contribution in [0.2, 0.25) is 0 Å². The van der Waals surface area contributed by atoms with Crippen LogP contribution < -0.4 is 9.04 Å². The van der Waals surface area contributed by atoms with Gasteiger partial charge in [0.1, 0.15) is 5.75 Å². The predicted molar refractivity (Wildman–Crippen MR) is 110 cm³/mol. The molecule has 0 saturated carbocycles. The summed E-state index contributed by atoms with van der Waals surface area (Å²) in [7, 11) is 0.0327. The highest BCUT2D eigenvalue weighted by Crippen LogP contribution is 2.28. The minimum atomic E-state index is -3.32. The van der Waals surface area contributed by atoms with Gasteiger partial charge in [0, 0.05) is 25.7 Å². The summed E-state index contributed by atoms with van der Waals surface area (Å²) in [6, 6.07) is 12.8. The maximum absolute atomic E-state index is 12.9. The summed E-state index contributed by atoms with van der Waals surface area (Å²) in [6.07, 6.45) is 1.51. The molecule has 150 valence electrons. The first-order valence-electron chi connectivity index (χ1n) is 9.31. The second-order valence-corrected chi connectivity index (χ2v) is 9.12. The largest absolute Gasteiger partial charge is 0.497 e. The average Bonchev–Trinajstić information content (AvgIpc) is 2.68. The number of amides is 1. The summed E-state index contributed by atoms with van der Waals surface area (Å²) < 4.78 is 31.5. The van der Waals surface area contributed by atoms with Gasteiger partial charge in [-0.15, -0.1) is 0 Å². The van der Waals surface area contributed by atoms with Crippen molar-refractivity contribution in [3.05, 3.63) is 59.2 Å². The zero-order valence-corrected chi connectivity index (χ0v) is 17.3. The number of ether oxygens (including phenoxy) is 1. The number of carbonyl (C=O) groups is 1. The molecule has 2 aromatic carbocycles. The number of nitrogens with zero attached hydrogens (tertiary/aromatic N) is 2. The van der Waals surface area contributed by atoms with Crippen LogP contribution in [0, 0.1) is 6.92 Å². The van der Waals surface area contributed by atoms with E-state index in [1.54, 1.807) is 31.2 Å². The topological polar surface area (TPSA) is 66.9 Å². The lowest BCUT2D eigenvalue weighted by molar-refractivity contribution is 0.0785. The first kappa shape index (κ1) is 20.2. The molecule has 0 N–H and O–H groups in total. The Kier molecular flexibility index (Phi) is 5.93. The van der Waals surface area contributed by atoms with E-state index in [1.807, 2.05) is 37.3 Å². The summed E-state index contributed by atoms with van der Waals surface area (Å²) in [6.45, 7) is 2.78. The highest BCUT2D eigenvalue weighted by molar-refractivity contribution is 7.92. The highest BCUT2D eigenvalue weighted by atomic mass is 32.2. The van der Waals surface area contributed by atoms with E-state index in [9.17, 15) is 13.2 Å². The quantitative estimate of drug-likeness (QED) is 0.770. The second-order valence-electron chi connectivity index (χ2n) is 7.11. The minimum Gasteiger partial charge on any atom is -0.497 e. The van der Waals surface area contributed by atoms with Crippen LogP contribution in [0.25, 0.3) is 0 Å². The standard InChI is InChI=1S/C21H26N2O4S/c1-16-6-9-18(14-20(16)23-12-4-5-13-28(23,25)26)21(24)22(2)15-17-7-10-19(27-3)11-8-17/h6-11,14H,4-5,12-13,15H2,1-3H3. The molecule has 3 rings (SSSR count). The number of methoxy groups -OCH3 is 1. The van der Waals surface area contributed by atoms with Crippen LogP contribution in [0.15, 0.2) is 42.5 Å². The van der Waals surface area contributed by atoms with Gasteiger partial charge in [-0.2, -0.15) is 0 Å². The SMILES string of the molecule is COc1ccc(CN(C)C(=O)c2ccc(C)c(N3CCCCS3(=O)=O)c2)cc1. The van der Waals surface area contributed by atoms with E-state index < -0.39 is 10.0 Å². The number of hydrogen-bond donors (Lipinski definition) is 0. The first-order valence-corrected chi connectivity index (χ1v) is 10.9. The Morgan fingerprint density at radius 2 is 1.86 bits per heavy atom. The van der Waals surface area contributed by atoms with E-state index in [0.29, 0.717) is 30.8 Å². The maximum atomic E-state index is 12.9. The summed E-state index contributed by atoms with van der Waals surface area (Å²) in [5.41, 5.74) is 2.92. The Hall–Kier alpha value is -2.54. The molecule has 28 heavy (non-hydrogen) atoms. The summed E-state index contributed by atoms with van der Waals surface area (Å²) in [5, 5.41) is 0. The summed E-state index contributed by atoms with van der Waals surface area (Å²) >= 11 is 0. The van der Waals surface area contributed by atoms with Gasteiger partial charge in [-0.3, -0.25) is 9.10 Å². The molecule has 0 radical (unpaired) electrons. The highest BCUT2D eigenvalue weighted by Gasteiger charge is 2.28. The lowest BCUT2D eigenvalue weighted by atomic mass is 10.1. The van der Waals surface area contributed by atoms with Crippen LogP contribution in [-0.4, -0.2) is 45.7 Å². The molecule has 1 amide bonds. The second kappa shape index (κ2) is 8.22. The molecular formula is C21H26N2O4S. The molecule has 0 unspecified atom stereocenters. The van der Waals surface area contributed by atoms with Crippen molar-refractivity contribution in [3.8, 4) is 5.75 Å². The third-order valence-electron chi connectivity index (χ3n) is 5.00. The van der Waals surface area contributed by atoms with Crippen LogP contribution in [0.5, 0.6) is 5.75 Å². The molecule has 7 heteroatoms. The van der Waals surface area contributed by atoms with Crippen molar-refractivity contribution in [1.82, 2.24) is 4.90 Å². The van der Waals surface area contributed by atoms with Gasteiger partial charge in [-0.1, -0.05) is 18.2 Å². The Morgan fingerprint density at radius 3 is 2.50 bits per heavy atom. The van der Waals surface area contributed by atoms with Gasteiger partial charge in [0.15, 0.2) is 0 Å². The van der Waals surface area contributed by atoms with Gasteiger partial charge < -0.3 is 9.64 Å². The molecule has 2 aromatic rings. The average molecular weight is 403 g/mol. The van der Waals surface area contributed by atoms with Crippen molar-refractivity contribution in [2.75, 3.05) is 30.8 Å².